The number of hydrogen-bond donors (Lipinski definition) is 1. The number of hydrogen-bond acceptors (Lipinski definition) is 3. The second kappa shape index (κ2) is 5.19. The van der Waals surface area contributed by atoms with Gasteiger partial charge in [0.1, 0.15) is 5.75 Å². The summed E-state index contributed by atoms with van der Waals surface area (Å²) < 4.78 is 0. The molecule has 94 valence electrons. The van der Waals surface area contributed by atoms with E-state index in [1.165, 1.54) is 11.8 Å². The number of rotatable bonds is 3. The summed E-state index contributed by atoms with van der Waals surface area (Å²) in [6.07, 6.45) is 1.46. The fraction of sp³-hybridized carbons (Fsp3) is 0.267. The quantitative estimate of drug-likeness (QED) is 0.898. The fourth-order valence-corrected chi connectivity index (χ4v) is 1.79. The molecule has 0 radical (unpaired) electrons. The maximum absolute atomic E-state index is 9.21. The highest BCUT2D eigenvalue weighted by Gasteiger charge is 2.07. The van der Waals surface area contributed by atoms with Gasteiger partial charge >= 0.3 is 0 Å². The molecule has 1 aromatic carbocycles. The van der Waals surface area contributed by atoms with E-state index in [0.29, 0.717) is 6.04 Å². The Kier molecular flexibility index (Phi) is 3.63. The predicted molar refractivity (Wildman–Crippen MR) is 73.4 cm³/mol. The molecule has 0 spiro atoms. The van der Waals surface area contributed by atoms with E-state index >= 15 is 0 Å². The van der Waals surface area contributed by atoms with E-state index in [-0.39, 0.29) is 5.75 Å². The van der Waals surface area contributed by atoms with Crippen molar-refractivity contribution in [1.82, 2.24) is 9.88 Å². The van der Waals surface area contributed by atoms with Crippen LogP contribution < -0.4 is 0 Å². The molecule has 3 nitrogen and oxygen atoms in total. The maximum atomic E-state index is 9.21. The fourth-order valence-electron chi connectivity index (χ4n) is 1.79. The Morgan fingerprint density at radius 3 is 2.22 bits per heavy atom. The average molecular weight is 242 g/mol. The van der Waals surface area contributed by atoms with Crippen molar-refractivity contribution < 1.29 is 5.11 Å². The lowest BCUT2D eigenvalue weighted by atomic mass is 10.0. The Hall–Kier alpha value is -1.87. The molecule has 0 amide bonds. The standard InChI is InChI=1S/C15H18N2O/c1-11(17(2)3)12-4-6-13(7-5-12)15-9-8-14(18)10-16-15/h4-11,18H,1-3H3. The molecule has 1 unspecified atom stereocenters. The molecule has 1 N–H and O–H groups in total. The first kappa shape index (κ1) is 12.6. The van der Waals surface area contributed by atoms with Crippen LogP contribution in [0.25, 0.3) is 11.3 Å². The van der Waals surface area contributed by atoms with Crippen molar-refractivity contribution in [3.63, 3.8) is 0 Å². The van der Waals surface area contributed by atoms with Crippen LogP contribution in [0.15, 0.2) is 42.6 Å². The van der Waals surface area contributed by atoms with Crippen LogP contribution in [0, 0.1) is 0 Å². The Bertz CT molecular complexity index is 503. The smallest absolute Gasteiger partial charge is 0.133 e. The molecule has 2 rings (SSSR count). The summed E-state index contributed by atoms with van der Waals surface area (Å²) in [5.74, 6) is 0.191. The lowest BCUT2D eigenvalue weighted by Gasteiger charge is -2.20. The minimum absolute atomic E-state index is 0.191. The summed E-state index contributed by atoms with van der Waals surface area (Å²) in [5, 5.41) is 9.21. The Morgan fingerprint density at radius 1 is 1.06 bits per heavy atom. The zero-order valence-corrected chi connectivity index (χ0v) is 11.0. The van der Waals surface area contributed by atoms with Crippen molar-refractivity contribution in [2.24, 2.45) is 0 Å². The molecule has 2 aromatic rings. The summed E-state index contributed by atoms with van der Waals surface area (Å²) in [4.78, 5) is 6.37. The van der Waals surface area contributed by atoms with Gasteiger partial charge in [0.05, 0.1) is 11.9 Å². The zero-order valence-electron chi connectivity index (χ0n) is 11.0. The third-order valence-corrected chi connectivity index (χ3v) is 3.21. The van der Waals surface area contributed by atoms with Crippen LogP contribution in [-0.4, -0.2) is 29.1 Å². The van der Waals surface area contributed by atoms with E-state index in [2.05, 4.69) is 55.2 Å². The highest BCUT2D eigenvalue weighted by atomic mass is 16.3. The molecule has 0 aliphatic rings. The lowest BCUT2D eigenvalue weighted by molar-refractivity contribution is 0.321. The molecular formula is C15H18N2O. The summed E-state index contributed by atoms with van der Waals surface area (Å²) in [6.45, 7) is 2.17. The van der Waals surface area contributed by atoms with Crippen LogP contribution >= 0.6 is 0 Å². The van der Waals surface area contributed by atoms with Gasteiger partial charge in [-0.3, -0.25) is 4.98 Å². The van der Waals surface area contributed by atoms with Gasteiger partial charge in [-0.1, -0.05) is 24.3 Å². The van der Waals surface area contributed by atoms with Crippen molar-refractivity contribution in [2.45, 2.75) is 13.0 Å². The number of aromatic nitrogens is 1. The van der Waals surface area contributed by atoms with Crippen molar-refractivity contribution in [2.75, 3.05) is 14.1 Å². The Labute approximate surface area is 108 Å². The second-order valence-electron chi connectivity index (χ2n) is 4.66. The number of pyridine rings is 1. The van der Waals surface area contributed by atoms with Crippen molar-refractivity contribution in [3.8, 4) is 17.0 Å². The number of nitrogens with zero attached hydrogens (tertiary/aromatic N) is 2. The second-order valence-corrected chi connectivity index (χ2v) is 4.66. The Balaban J connectivity index is 2.24. The minimum Gasteiger partial charge on any atom is -0.506 e. The molecule has 1 atom stereocenters. The first-order valence-electron chi connectivity index (χ1n) is 5.99. The topological polar surface area (TPSA) is 36.4 Å². The summed E-state index contributed by atoms with van der Waals surface area (Å²) >= 11 is 0. The zero-order chi connectivity index (χ0) is 13.1. The Morgan fingerprint density at radius 2 is 1.72 bits per heavy atom. The van der Waals surface area contributed by atoms with Gasteiger partial charge in [-0.05, 0) is 38.7 Å². The monoisotopic (exact) mass is 242 g/mol. The normalized spacial score (nSPS) is 12.7. The van der Waals surface area contributed by atoms with Crippen LogP contribution in [0.2, 0.25) is 0 Å². The predicted octanol–water partition coefficient (Wildman–Crippen LogP) is 3.08. The van der Waals surface area contributed by atoms with Gasteiger partial charge in [-0.15, -0.1) is 0 Å². The largest absolute Gasteiger partial charge is 0.506 e. The van der Waals surface area contributed by atoms with E-state index in [9.17, 15) is 5.11 Å². The number of benzene rings is 1. The molecule has 0 aliphatic heterocycles. The molecule has 0 bridgehead atoms. The first-order chi connectivity index (χ1) is 8.58. The summed E-state index contributed by atoms with van der Waals surface area (Å²) in [5.41, 5.74) is 3.21. The van der Waals surface area contributed by atoms with Gasteiger partial charge in [0.15, 0.2) is 0 Å². The van der Waals surface area contributed by atoms with Gasteiger partial charge in [0.25, 0.3) is 0 Å². The van der Waals surface area contributed by atoms with Crippen LogP contribution in [-0.2, 0) is 0 Å². The third kappa shape index (κ3) is 2.68. The van der Waals surface area contributed by atoms with Gasteiger partial charge in [0.2, 0.25) is 0 Å². The van der Waals surface area contributed by atoms with Crippen LogP contribution in [0.4, 0.5) is 0 Å². The van der Waals surface area contributed by atoms with E-state index in [4.69, 9.17) is 0 Å². The van der Waals surface area contributed by atoms with Crippen molar-refractivity contribution in [3.05, 3.63) is 48.2 Å². The highest BCUT2D eigenvalue weighted by Crippen LogP contribution is 2.23. The molecule has 0 saturated carbocycles. The lowest BCUT2D eigenvalue weighted by Crippen LogP contribution is -2.16. The van der Waals surface area contributed by atoms with Gasteiger partial charge in [0, 0.05) is 11.6 Å². The molecule has 0 aliphatic carbocycles. The first-order valence-corrected chi connectivity index (χ1v) is 5.99. The van der Waals surface area contributed by atoms with E-state index in [0.717, 1.165) is 11.3 Å². The molecule has 1 heterocycles. The highest BCUT2D eigenvalue weighted by molar-refractivity contribution is 5.59. The molecular weight excluding hydrogens is 224 g/mol. The third-order valence-electron chi connectivity index (χ3n) is 3.21. The molecule has 18 heavy (non-hydrogen) atoms. The summed E-state index contributed by atoms with van der Waals surface area (Å²) in [6, 6.07) is 12.2. The van der Waals surface area contributed by atoms with Crippen molar-refractivity contribution >= 4 is 0 Å². The van der Waals surface area contributed by atoms with Crippen LogP contribution in [0.3, 0.4) is 0 Å². The average Bonchev–Trinajstić information content (AvgIpc) is 2.39. The van der Waals surface area contributed by atoms with E-state index < -0.39 is 0 Å². The molecule has 0 saturated heterocycles. The number of aromatic hydroxyl groups is 1. The van der Waals surface area contributed by atoms with Gasteiger partial charge in [-0.2, -0.15) is 0 Å². The summed E-state index contributed by atoms with van der Waals surface area (Å²) in [7, 11) is 4.14. The van der Waals surface area contributed by atoms with E-state index in [1.807, 2.05) is 6.07 Å². The molecule has 1 aromatic heterocycles. The van der Waals surface area contributed by atoms with Gasteiger partial charge < -0.3 is 10.0 Å². The van der Waals surface area contributed by atoms with Gasteiger partial charge in [-0.25, -0.2) is 0 Å². The maximum Gasteiger partial charge on any atom is 0.133 e. The van der Waals surface area contributed by atoms with Crippen molar-refractivity contribution in [1.29, 1.82) is 0 Å². The molecule has 3 heteroatoms. The van der Waals surface area contributed by atoms with E-state index in [1.54, 1.807) is 6.07 Å². The SMILES string of the molecule is CC(c1ccc(-c2ccc(O)cn2)cc1)N(C)C. The van der Waals surface area contributed by atoms with Crippen LogP contribution in [0.5, 0.6) is 5.75 Å². The van der Waals surface area contributed by atoms with Crippen LogP contribution in [0.1, 0.15) is 18.5 Å². The minimum atomic E-state index is 0.191. The molecule has 0 fully saturated rings.